The highest BCUT2D eigenvalue weighted by atomic mass is 35.5. The number of carbonyl (C=O) groups is 1. The van der Waals surface area contributed by atoms with Crippen molar-refractivity contribution in [3.8, 4) is 0 Å². The van der Waals surface area contributed by atoms with Gasteiger partial charge in [-0.15, -0.1) is 0 Å². The van der Waals surface area contributed by atoms with Gasteiger partial charge in [-0.3, -0.25) is 4.79 Å². The summed E-state index contributed by atoms with van der Waals surface area (Å²) < 4.78 is 0. The first kappa shape index (κ1) is 19.8. The predicted molar refractivity (Wildman–Crippen MR) is 124 cm³/mol. The Morgan fingerprint density at radius 2 is 1.90 bits per heavy atom. The van der Waals surface area contributed by atoms with Crippen LogP contribution >= 0.6 is 11.6 Å². The molecule has 1 saturated carbocycles. The Morgan fingerprint density at radius 3 is 2.58 bits per heavy atom. The summed E-state index contributed by atoms with van der Waals surface area (Å²) in [7, 11) is 0. The number of carbonyl (C=O) groups excluding carboxylic acids is 1. The molecule has 2 aromatic heterocycles. The zero-order valence-electron chi connectivity index (χ0n) is 17.5. The molecule has 1 aliphatic carbocycles. The third-order valence-corrected chi connectivity index (χ3v) is 6.64. The van der Waals surface area contributed by atoms with E-state index < -0.39 is 0 Å². The first-order valence-electron chi connectivity index (χ1n) is 10.5. The lowest BCUT2D eigenvalue weighted by molar-refractivity contribution is 0.102. The zero-order chi connectivity index (χ0) is 21.6. The normalized spacial score (nSPS) is 14.9. The number of hydrogen-bond donors (Lipinski definition) is 2. The van der Waals surface area contributed by atoms with Gasteiger partial charge in [-0.25, -0.2) is 9.97 Å². The van der Waals surface area contributed by atoms with E-state index in [2.05, 4.69) is 41.3 Å². The highest BCUT2D eigenvalue weighted by molar-refractivity contribution is 6.31. The number of hydrogen-bond acceptors (Lipinski definition) is 3. The van der Waals surface area contributed by atoms with E-state index in [4.69, 9.17) is 16.6 Å². The number of nitrogens with zero attached hydrogens (tertiary/aromatic N) is 2. The maximum atomic E-state index is 12.5. The van der Waals surface area contributed by atoms with Crippen LogP contribution in [0, 0.1) is 13.8 Å². The van der Waals surface area contributed by atoms with Gasteiger partial charge in [0.25, 0.3) is 5.91 Å². The summed E-state index contributed by atoms with van der Waals surface area (Å²) >= 11 is 5.99. The Kier molecular flexibility index (Phi) is 4.78. The largest absolute Gasteiger partial charge is 0.341 e. The first-order chi connectivity index (χ1) is 14.9. The second kappa shape index (κ2) is 7.50. The van der Waals surface area contributed by atoms with Crippen molar-refractivity contribution in [2.75, 3.05) is 5.32 Å². The molecule has 0 radical (unpaired) electrons. The summed E-state index contributed by atoms with van der Waals surface area (Å²) in [5.41, 5.74) is 6.05. The Bertz CT molecular complexity index is 1250. The van der Waals surface area contributed by atoms with E-state index in [1.807, 2.05) is 18.3 Å². The molecule has 0 saturated heterocycles. The molecule has 1 fully saturated rings. The van der Waals surface area contributed by atoms with Crippen molar-refractivity contribution in [1.82, 2.24) is 15.0 Å². The van der Waals surface area contributed by atoms with Gasteiger partial charge in [0.2, 0.25) is 0 Å². The summed E-state index contributed by atoms with van der Waals surface area (Å²) in [6.07, 6.45) is 5.07. The molecule has 1 amide bonds. The predicted octanol–water partition coefficient (Wildman–Crippen LogP) is 5.95. The maximum absolute atomic E-state index is 12.5. The van der Waals surface area contributed by atoms with Gasteiger partial charge in [0.15, 0.2) is 0 Å². The van der Waals surface area contributed by atoms with Crippen molar-refractivity contribution in [3.05, 3.63) is 87.8 Å². The van der Waals surface area contributed by atoms with E-state index in [1.165, 1.54) is 11.1 Å². The summed E-state index contributed by atoms with van der Waals surface area (Å²) in [5, 5.41) is 3.37. The highest BCUT2D eigenvalue weighted by Crippen LogP contribution is 2.48. The van der Waals surface area contributed by atoms with Gasteiger partial charge in [-0.05, 0) is 79.8 Å². The molecule has 2 N–H and O–H groups in total. The van der Waals surface area contributed by atoms with Crippen LogP contribution in [0.4, 0.5) is 5.82 Å². The number of H-pyrrole nitrogens is 1. The van der Waals surface area contributed by atoms with Gasteiger partial charge in [0, 0.05) is 16.8 Å². The van der Waals surface area contributed by atoms with Crippen molar-refractivity contribution >= 4 is 34.4 Å². The van der Waals surface area contributed by atoms with Gasteiger partial charge in [-0.1, -0.05) is 30.2 Å². The topological polar surface area (TPSA) is 70.7 Å². The molecule has 0 atom stereocenters. The second-order valence-electron chi connectivity index (χ2n) is 8.37. The van der Waals surface area contributed by atoms with Crippen LogP contribution in [0.3, 0.4) is 0 Å². The second-order valence-corrected chi connectivity index (χ2v) is 8.81. The third kappa shape index (κ3) is 3.49. The van der Waals surface area contributed by atoms with Gasteiger partial charge < -0.3 is 10.3 Å². The van der Waals surface area contributed by atoms with E-state index in [1.54, 1.807) is 24.3 Å². The van der Waals surface area contributed by atoms with Crippen molar-refractivity contribution in [3.63, 3.8) is 0 Å². The number of aromatic amines is 1. The van der Waals surface area contributed by atoms with Crippen LogP contribution in [0.5, 0.6) is 0 Å². The molecular formula is C25H23ClN4O. The molecule has 5 nitrogen and oxygen atoms in total. The van der Waals surface area contributed by atoms with Crippen molar-refractivity contribution < 1.29 is 4.79 Å². The Balaban J connectivity index is 1.42. The number of pyridine rings is 1. The fourth-order valence-corrected chi connectivity index (χ4v) is 4.45. The number of benzene rings is 2. The molecule has 1 aliphatic rings. The number of halogens is 1. The molecule has 6 heteroatoms. The molecule has 0 bridgehead atoms. The van der Waals surface area contributed by atoms with Crippen LogP contribution in [0.2, 0.25) is 5.02 Å². The van der Waals surface area contributed by atoms with Crippen LogP contribution in [-0.4, -0.2) is 20.9 Å². The monoisotopic (exact) mass is 430 g/mol. The van der Waals surface area contributed by atoms with E-state index in [0.29, 0.717) is 16.4 Å². The summed E-state index contributed by atoms with van der Waals surface area (Å²) in [5.74, 6) is 1.28. The maximum Gasteiger partial charge on any atom is 0.256 e. The fraction of sp³-hybridized carbons (Fsp3) is 0.240. The first-order valence-corrected chi connectivity index (χ1v) is 10.8. The number of rotatable bonds is 4. The van der Waals surface area contributed by atoms with Crippen LogP contribution in [-0.2, 0) is 5.41 Å². The Hall–Kier alpha value is -3.18. The molecule has 4 aromatic rings. The van der Waals surface area contributed by atoms with Crippen LogP contribution in [0.15, 0.2) is 54.7 Å². The summed E-state index contributed by atoms with van der Waals surface area (Å²) in [4.78, 5) is 25.5. The summed E-state index contributed by atoms with van der Waals surface area (Å²) in [6.45, 7) is 4.23. The number of amides is 1. The van der Waals surface area contributed by atoms with E-state index >= 15 is 0 Å². The van der Waals surface area contributed by atoms with Gasteiger partial charge >= 0.3 is 0 Å². The van der Waals surface area contributed by atoms with Gasteiger partial charge in [0.05, 0.1) is 16.4 Å². The zero-order valence-corrected chi connectivity index (χ0v) is 18.3. The lowest BCUT2D eigenvalue weighted by Crippen LogP contribution is -2.36. The van der Waals surface area contributed by atoms with Crippen molar-refractivity contribution in [1.29, 1.82) is 0 Å². The number of nitrogens with one attached hydrogen (secondary N) is 2. The molecule has 2 aromatic carbocycles. The lowest BCUT2D eigenvalue weighted by atomic mass is 9.64. The van der Waals surface area contributed by atoms with E-state index in [-0.39, 0.29) is 11.3 Å². The molecule has 0 spiro atoms. The number of aryl methyl sites for hydroxylation is 2. The molecule has 0 unspecified atom stereocenters. The third-order valence-electron chi connectivity index (χ3n) is 6.40. The minimum absolute atomic E-state index is 0.149. The number of imidazole rings is 1. The molecule has 5 rings (SSSR count). The van der Waals surface area contributed by atoms with Crippen molar-refractivity contribution in [2.45, 2.75) is 38.5 Å². The number of anilines is 1. The average Bonchev–Trinajstić information content (AvgIpc) is 3.11. The average molecular weight is 431 g/mol. The smallest absolute Gasteiger partial charge is 0.256 e. The molecule has 2 heterocycles. The summed E-state index contributed by atoms with van der Waals surface area (Å²) in [6, 6.07) is 15.1. The van der Waals surface area contributed by atoms with Crippen LogP contribution in [0.1, 0.15) is 52.1 Å². The minimum Gasteiger partial charge on any atom is -0.341 e. The minimum atomic E-state index is -0.232. The lowest BCUT2D eigenvalue weighted by Gasteiger charge is -2.40. The highest BCUT2D eigenvalue weighted by Gasteiger charge is 2.43. The van der Waals surface area contributed by atoms with Gasteiger partial charge in [0.1, 0.15) is 11.6 Å². The van der Waals surface area contributed by atoms with E-state index in [0.717, 1.165) is 41.7 Å². The molecule has 0 aliphatic heterocycles. The number of aromatic nitrogens is 3. The van der Waals surface area contributed by atoms with Crippen LogP contribution in [0.25, 0.3) is 11.0 Å². The Labute approximate surface area is 185 Å². The quantitative estimate of drug-likeness (QED) is 0.420. The van der Waals surface area contributed by atoms with Crippen LogP contribution < -0.4 is 5.32 Å². The Morgan fingerprint density at radius 1 is 1.10 bits per heavy atom. The SMILES string of the molecule is Cc1cc2nc(C3(c4ccc(NC(=O)c5cccc(Cl)c5)nc4)CCC3)[nH]c2cc1C. The fourth-order valence-electron chi connectivity index (χ4n) is 4.26. The molecule has 31 heavy (non-hydrogen) atoms. The standard InChI is InChI=1S/C25H23ClN4O/c1-15-11-20-21(12-16(15)2)29-24(28-20)25(9-4-10-25)18-7-8-22(27-14-18)30-23(31)17-5-3-6-19(26)13-17/h3,5-8,11-14H,4,9-10H2,1-2H3,(H,28,29)(H,27,30,31). The molecular weight excluding hydrogens is 408 g/mol. The number of fused-ring (bicyclic) bond motifs is 1. The van der Waals surface area contributed by atoms with Gasteiger partial charge in [-0.2, -0.15) is 0 Å². The van der Waals surface area contributed by atoms with Crippen molar-refractivity contribution in [2.24, 2.45) is 0 Å². The van der Waals surface area contributed by atoms with E-state index in [9.17, 15) is 4.79 Å². The molecule has 156 valence electrons.